The number of benzene rings is 2. The van der Waals surface area contributed by atoms with Gasteiger partial charge in [0.15, 0.2) is 11.5 Å². The number of aryl methyl sites for hydroxylation is 1. The molecule has 0 heterocycles. The zero-order valence-electron chi connectivity index (χ0n) is 17.1. The van der Waals surface area contributed by atoms with Gasteiger partial charge in [-0.1, -0.05) is 51.9 Å². The van der Waals surface area contributed by atoms with E-state index in [1.807, 2.05) is 19.9 Å². The molecule has 0 aliphatic carbocycles. The predicted octanol–water partition coefficient (Wildman–Crippen LogP) is 5.27. The molecule has 0 bridgehead atoms. The van der Waals surface area contributed by atoms with Gasteiger partial charge in [0, 0.05) is 11.0 Å². The van der Waals surface area contributed by atoms with Gasteiger partial charge in [-0.3, -0.25) is 0 Å². The average molecular weight is 480 g/mol. The summed E-state index contributed by atoms with van der Waals surface area (Å²) in [5.74, 6) is 1.06. The van der Waals surface area contributed by atoms with Gasteiger partial charge >= 0.3 is 0 Å². The first kappa shape index (κ1) is 23.2. The summed E-state index contributed by atoms with van der Waals surface area (Å²) in [5, 5.41) is 0. The quantitative estimate of drug-likeness (QED) is 0.459. The van der Waals surface area contributed by atoms with E-state index in [-0.39, 0.29) is 11.4 Å². The molecule has 0 radical (unpaired) electrons. The zero-order chi connectivity index (χ0) is 21.6. The van der Waals surface area contributed by atoms with E-state index in [1.54, 1.807) is 62.8 Å². The Balaban J connectivity index is 2.63. The Labute approximate surface area is 181 Å². The molecule has 2 aromatic carbocycles. The third kappa shape index (κ3) is 5.10. The first-order chi connectivity index (χ1) is 13.8. The van der Waals surface area contributed by atoms with Crippen molar-refractivity contribution >= 4 is 26.0 Å². The Morgan fingerprint density at radius 3 is 2.24 bits per heavy atom. The van der Waals surface area contributed by atoms with Crippen LogP contribution in [-0.2, 0) is 10.0 Å². The van der Waals surface area contributed by atoms with Gasteiger partial charge in [-0.15, -0.1) is 6.58 Å². The van der Waals surface area contributed by atoms with E-state index in [1.165, 1.54) is 4.31 Å². The molecule has 0 fully saturated rings. The highest BCUT2D eigenvalue weighted by atomic mass is 79.9. The second-order valence-electron chi connectivity index (χ2n) is 6.37. The summed E-state index contributed by atoms with van der Waals surface area (Å²) in [5.41, 5.74) is 1.70. The number of halogens is 1. The summed E-state index contributed by atoms with van der Waals surface area (Å²) in [6.07, 6.45) is 5.24. The lowest BCUT2D eigenvalue weighted by atomic mass is 10.1. The fourth-order valence-electron chi connectivity index (χ4n) is 2.91. The predicted molar refractivity (Wildman–Crippen MR) is 120 cm³/mol. The minimum absolute atomic E-state index is 0.199. The van der Waals surface area contributed by atoms with Crippen LogP contribution in [0.15, 0.2) is 70.6 Å². The van der Waals surface area contributed by atoms with Gasteiger partial charge in [-0.25, -0.2) is 8.42 Å². The summed E-state index contributed by atoms with van der Waals surface area (Å²) in [6, 6.07) is 9.73. The summed E-state index contributed by atoms with van der Waals surface area (Å²) in [4.78, 5) is 0.232. The molecule has 156 valence electrons. The van der Waals surface area contributed by atoms with E-state index >= 15 is 0 Å². The van der Waals surface area contributed by atoms with Crippen molar-refractivity contribution in [1.29, 1.82) is 0 Å². The number of methoxy groups -OCH3 is 2. The topological polar surface area (TPSA) is 55.8 Å². The van der Waals surface area contributed by atoms with E-state index in [2.05, 4.69) is 22.5 Å². The molecule has 2 aromatic rings. The molecule has 1 unspecified atom stereocenters. The number of hydrogen-bond donors (Lipinski definition) is 0. The van der Waals surface area contributed by atoms with Crippen LogP contribution in [0.1, 0.15) is 24.1 Å². The standard InChI is InChI=1S/C22H26BrNO4S/c1-6-8-13-24(29(25,26)17-11-9-16(3)10-12-17)20(7-2)18-14-21(27-4)22(28-5)15-19(18)23/h6-12,14-15,20H,2,13H2,1,3-5H3/b8-6+. The van der Waals surface area contributed by atoms with Crippen LogP contribution < -0.4 is 9.47 Å². The van der Waals surface area contributed by atoms with Crippen LogP contribution in [0.25, 0.3) is 0 Å². The largest absolute Gasteiger partial charge is 0.493 e. The summed E-state index contributed by atoms with van der Waals surface area (Å²) in [7, 11) is -0.692. The van der Waals surface area contributed by atoms with Gasteiger partial charge in [-0.05, 0) is 43.7 Å². The molecular weight excluding hydrogens is 454 g/mol. The molecule has 0 aliphatic rings. The third-order valence-electron chi connectivity index (χ3n) is 4.50. The van der Waals surface area contributed by atoms with Crippen LogP contribution >= 0.6 is 15.9 Å². The van der Waals surface area contributed by atoms with Gasteiger partial charge in [0.1, 0.15) is 0 Å². The lowest BCUT2D eigenvalue weighted by Gasteiger charge is -2.29. The van der Waals surface area contributed by atoms with Crippen LogP contribution in [0.2, 0.25) is 0 Å². The number of allylic oxidation sites excluding steroid dienone is 1. The van der Waals surface area contributed by atoms with E-state index in [9.17, 15) is 8.42 Å². The lowest BCUT2D eigenvalue weighted by molar-refractivity contribution is 0.351. The zero-order valence-corrected chi connectivity index (χ0v) is 19.5. The van der Waals surface area contributed by atoms with E-state index in [4.69, 9.17) is 9.47 Å². The van der Waals surface area contributed by atoms with Gasteiger partial charge < -0.3 is 9.47 Å². The third-order valence-corrected chi connectivity index (χ3v) is 7.05. The van der Waals surface area contributed by atoms with Crippen molar-refractivity contribution in [3.05, 3.63) is 76.8 Å². The van der Waals surface area contributed by atoms with E-state index in [0.717, 1.165) is 5.56 Å². The Morgan fingerprint density at radius 1 is 1.14 bits per heavy atom. The molecule has 0 saturated heterocycles. The number of hydrogen-bond acceptors (Lipinski definition) is 4. The molecule has 5 nitrogen and oxygen atoms in total. The number of nitrogens with zero attached hydrogens (tertiary/aromatic N) is 1. The van der Waals surface area contributed by atoms with Crippen molar-refractivity contribution < 1.29 is 17.9 Å². The normalized spacial score (nSPS) is 12.9. The van der Waals surface area contributed by atoms with Crippen molar-refractivity contribution in [2.45, 2.75) is 24.8 Å². The second kappa shape index (κ2) is 10.1. The van der Waals surface area contributed by atoms with Crippen LogP contribution in [0.4, 0.5) is 0 Å². The van der Waals surface area contributed by atoms with Crippen LogP contribution in [-0.4, -0.2) is 33.5 Å². The van der Waals surface area contributed by atoms with Crippen LogP contribution in [0.3, 0.4) is 0 Å². The lowest BCUT2D eigenvalue weighted by Crippen LogP contribution is -2.34. The molecule has 0 aromatic heterocycles. The van der Waals surface area contributed by atoms with Crippen molar-refractivity contribution in [2.75, 3.05) is 20.8 Å². The summed E-state index contributed by atoms with van der Waals surface area (Å²) in [6.45, 7) is 7.87. The molecule has 29 heavy (non-hydrogen) atoms. The van der Waals surface area contributed by atoms with Crippen molar-refractivity contribution in [3.63, 3.8) is 0 Å². The highest BCUT2D eigenvalue weighted by Crippen LogP contribution is 2.39. The SMILES string of the molecule is C=CC(c1cc(OC)c(OC)cc1Br)N(C/C=C/C)S(=O)(=O)c1ccc(C)cc1. The number of rotatable bonds is 9. The Morgan fingerprint density at radius 2 is 1.72 bits per heavy atom. The summed E-state index contributed by atoms with van der Waals surface area (Å²) >= 11 is 3.54. The van der Waals surface area contributed by atoms with Gasteiger partial charge in [-0.2, -0.15) is 4.31 Å². The Bertz CT molecular complexity index is 985. The molecule has 0 aliphatic heterocycles. The minimum atomic E-state index is -3.78. The average Bonchev–Trinajstić information content (AvgIpc) is 2.71. The Hall–Kier alpha value is -2.09. The van der Waals surface area contributed by atoms with Crippen molar-refractivity contribution in [2.24, 2.45) is 0 Å². The molecule has 0 saturated carbocycles. The highest BCUT2D eigenvalue weighted by Gasteiger charge is 2.32. The fourth-order valence-corrected chi connectivity index (χ4v) is 5.00. The molecule has 1 atom stereocenters. The monoisotopic (exact) mass is 479 g/mol. The number of ether oxygens (including phenoxy) is 2. The molecular formula is C22H26BrNO4S. The second-order valence-corrected chi connectivity index (χ2v) is 9.11. The van der Waals surface area contributed by atoms with Gasteiger partial charge in [0.2, 0.25) is 10.0 Å². The first-order valence-electron chi connectivity index (χ1n) is 9.03. The molecule has 7 heteroatoms. The maximum absolute atomic E-state index is 13.5. The van der Waals surface area contributed by atoms with E-state index in [0.29, 0.717) is 21.5 Å². The molecule has 0 N–H and O–H groups in total. The van der Waals surface area contributed by atoms with Crippen molar-refractivity contribution in [3.8, 4) is 11.5 Å². The minimum Gasteiger partial charge on any atom is -0.493 e. The maximum atomic E-state index is 13.5. The fraction of sp³-hybridized carbons (Fsp3) is 0.273. The Kier molecular flexibility index (Phi) is 8.07. The molecule has 2 rings (SSSR count). The number of sulfonamides is 1. The summed E-state index contributed by atoms with van der Waals surface area (Å²) < 4.78 is 39.8. The first-order valence-corrected chi connectivity index (χ1v) is 11.3. The smallest absolute Gasteiger partial charge is 0.244 e. The van der Waals surface area contributed by atoms with E-state index < -0.39 is 16.1 Å². The van der Waals surface area contributed by atoms with Gasteiger partial charge in [0.25, 0.3) is 0 Å². The van der Waals surface area contributed by atoms with Crippen LogP contribution in [0.5, 0.6) is 11.5 Å². The maximum Gasteiger partial charge on any atom is 0.244 e. The van der Waals surface area contributed by atoms with Crippen LogP contribution in [0, 0.1) is 6.92 Å². The molecule has 0 spiro atoms. The van der Waals surface area contributed by atoms with Crippen molar-refractivity contribution in [1.82, 2.24) is 4.31 Å². The highest BCUT2D eigenvalue weighted by molar-refractivity contribution is 9.10. The molecule has 0 amide bonds. The van der Waals surface area contributed by atoms with Gasteiger partial charge in [0.05, 0.1) is 25.2 Å².